The summed E-state index contributed by atoms with van der Waals surface area (Å²) in [5.74, 6) is 0. The van der Waals surface area contributed by atoms with Gasteiger partial charge in [0.2, 0.25) is 0 Å². The number of amides is 1. The summed E-state index contributed by atoms with van der Waals surface area (Å²) in [5, 5.41) is 0. The maximum absolute atomic E-state index is 12.0. The Balaban J connectivity index is 2.53. The molecule has 5 nitrogen and oxygen atoms in total. The van der Waals surface area contributed by atoms with Crippen LogP contribution in [-0.4, -0.2) is 57.1 Å². The monoisotopic (exact) mass is 273 g/mol. The standard InChI is InChI=1S/C14H27NO4/c1-13(2,3)19-12(16)15-8-6-14(7-9-15,10-17-4)11-18-5/h6-11H2,1-5H3. The number of hydrogen-bond acceptors (Lipinski definition) is 4. The molecule has 0 aromatic carbocycles. The lowest BCUT2D eigenvalue weighted by molar-refractivity contribution is -0.0381. The van der Waals surface area contributed by atoms with Crippen LogP contribution < -0.4 is 0 Å². The van der Waals surface area contributed by atoms with Crippen LogP contribution in [0.15, 0.2) is 0 Å². The van der Waals surface area contributed by atoms with Crippen molar-refractivity contribution in [2.45, 2.75) is 39.2 Å². The zero-order chi connectivity index (χ0) is 14.5. The van der Waals surface area contributed by atoms with Gasteiger partial charge in [0.25, 0.3) is 0 Å². The molecule has 1 aliphatic rings. The molecular formula is C14H27NO4. The van der Waals surface area contributed by atoms with E-state index in [4.69, 9.17) is 14.2 Å². The Morgan fingerprint density at radius 2 is 1.58 bits per heavy atom. The van der Waals surface area contributed by atoms with Crippen molar-refractivity contribution in [3.05, 3.63) is 0 Å². The Morgan fingerprint density at radius 1 is 1.11 bits per heavy atom. The molecule has 0 bridgehead atoms. The quantitative estimate of drug-likeness (QED) is 0.788. The van der Waals surface area contributed by atoms with E-state index in [1.165, 1.54) is 0 Å². The molecule has 5 heteroatoms. The molecule has 0 saturated carbocycles. The summed E-state index contributed by atoms with van der Waals surface area (Å²) >= 11 is 0. The summed E-state index contributed by atoms with van der Waals surface area (Å²) in [7, 11) is 3.41. The maximum Gasteiger partial charge on any atom is 0.410 e. The lowest BCUT2D eigenvalue weighted by Crippen LogP contribution is -2.48. The zero-order valence-corrected chi connectivity index (χ0v) is 12.8. The molecule has 1 rings (SSSR count). The number of nitrogens with zero attached hydrogens (tertiary/aromatic N) is 1. The van der Waals surface area contributed by atoms with Gasteiger partial charge in [-0.2, -0.15) is 0 Å². The van der Waals surface area contributed by atoms with Crippen LogP contribution in [0.1, 0.15) is 33.6 Å². The van der Waals surface area contributed by atoms with Crippen LogP contribution in [-0.2, 0) is 14.2 Å². The van der Waals surface area contributed by atoms with Gasteiger partial charge in [-0.1, -0.05) is 0 Å². The smallest absolute Gasteiger partial charge is 0.410 e. The van der Waals surface area contributed by atoms with Crippen molar-refractivity contribution >= 4 is 6.09 Å². The van der Waals surface area contributed by atoms with E-state index in [9.17, 15) is 4.79 Å². The van der Waals surface area contributed by atoms with Crippen molar-refractivity contribution in [2.24, 2.45) is 5.41 Å². The Labute approximate surface area is 116 Å². The molecule has 0 aliphatic carbocycles. The van der Waals surface area contributed by atoms with Crippen molar-refractivity contribution in [3.8, 4) is 0 Å². The highest BCUT2D eigenvalue weighted by molar-refractivity contribution is 5.68. The molecule has 1 saturated heterocycles. The third kappa shape index (κ3) is 4.99. The van der Waals surface area contributed by atoms with Gasteiger partial charge < -0.3 is 19.1 Å². The van der Waals surface area contributed by atoms with Crippen LogP contribution in [0.25, 0.3) is 0 Å². The van der Waals surface area contributed by atoms with E-state index in [1.807, 2.05) is 20.8 Å². The van der Waals surface area contributed by atoms with Gasteiger partial charge in [0.1, 0.15) is 5.60 Å². The number of carbonyl (C=O) groups excluding carboxylic acids is 1. The van der Waals surface area contributed by atoms with E-state index in [0.717, 1.165) is 12.8 Å². The third-order valence-electron chi connectivity index (χ3n) is 3.38. The molecule has 0 atom stereocenters. The van der Waals surface area contributed by atoms with Crippen LogP contribution in [0, 0.1) is 5.41 Å². The Kier molecular flexibility index (Phi) is 5.62. The van der Waals surface area contributed by atoms with Crippen molar-refractivity contribution < 1.29 is 19.0 Å². The highest BCUT2D eigenvalue weighted by atomic mass is 16.6. The van der Waals surface area contributed by atoms with Gasteiger partial charge in [-0.15, -0.1) is 0 Å². The Hall–Kier alpha value is -0.810. The van der Waals surface area contributed by atoms with E-state index in [1.54, 1.807) is 19.1 Å². The van der Waals surface area contributed by atoms with Gasteiger partial charge >= 0.3 is 6.09 Å². The molecule has 112 valence electrons. The van der Waals surface area contributed by atoms with Gasteiger partial charge in [0.15, 0.2) is 0 Å². The first kappa shape index (κ1) is 16.2. The van der Waals surface area contributed by atoms with Crippen LogP contribution in [0.2, 0.25) is 0 Å². The number of piperidine rings is 1. The first-order chi connectivity index (χ1) is 8.82. The summed E-state index contributed by atoms with van der Waals surface area (Å²) in [6.07, 6.45) is 1.54. The van der Waals surface area contributed by atoms with Gasteiger partial charge in [0.05, 0.1) is 13.2 Å². The largest absolute Gasteiger partial charge is 0.444 e. The van der Waals surface area contributed by atoms with Gasteiger partial charge in [-0.25, -0.2) is 4.79 Å². The molecule has 1 fully saturated rings. The van der Waals surface area contributed by atoms with Gasteiger partial charge in [-0.05, 0) is 33.6 Å². The normalized spacial score (nSPS) is 19.3. The Bertz CT molecular complexity index is 282. The highest BCUT2D eigenvalue weighted by Gasteiger charge is 2.37. The zero-order valence-electron chi connectivity index (χ0n) is 12.8. The summed E-state index contributed by atoms with van der Waals surface area (Å²) in [6, 6.07) is 0. The lowest BCUT2D eigenvalue weighted by Gasteiger charge is -2.41. The minimum atomic E-state index is -0.440. The molecular weight excluding hydrogens is 246 g/mol. The number of rotatable bonds is 4. The van der Waals surface area contributed by atoms with Gasteiger partial charge in [0, 0.05) is 32.7 Å². The molecule has 1 heterocycles. The first-order valence-electron chi connectivity index (χ1n) is 6.78. The van der Waals surface area contributed by atoms with Crippen LogP contribution in [0.3, 0.4) is 0 Å². The summed E-state index contributed by atoms with van der Waals surface area (Å²) < 4.78 is 16.0. The predicted molar refractivity (Wildman–Crippen MR) is 73.2 cm³/mol. The summed E-state index contributed by atoms with van der Waals surface area (Å²) in [5.41, 5.74) is -0.410. The molecule has 1 amide bonds. The second kappa shape index (κ2) is 6.57. The molecule has 0 unspecified atom stereocenters. The molecule has 0 radical (unpaired) electrons. The number of hydrogen-bond donors (Lipinski definition) is 0. The topological polar surface area (TPSA) is 48.0 Å². The fraction of sp³-hybridized carbons (Fsp3) is 0.929. The number of carbonyl (C=O) groups is 1. The van der Waals surface area contributed by atoms with Gasteiger partial charge in [-0.3, -0.25) is 0 Å². The minimum absolute atomic E-state index is 0.0298. The number of likely N-dealkylation sites (tertiary alicyclic amines) is 1. The molecule has 0 spiro atoms. The SMILES string of the molecule is COCC1(COC)CCN(C(=O)OC(C)(C)C)CC1. The third-order valence-corrected chi connectivity index (χ3v) is 3.38. The van der Waals surface area contributed by atoms with Crippen molar-refractivity contribution in [2.75, 3.05) is 40.5 Å². The Morgan fingerprint density at radius 3 is 1.95 bits per heavy atom. The van der Waals surface area contributed by atoms with Crippen molar-refractivity contribution in [3.63, 3.8) is 0 Å². The average molecular weight is 273 g/mol. The van der Waals surface area contributed by atoms with Crippen molar-refractivity contribution in [1.82, 2.24) is 4.90 Å². The average Bonchev–Trinajstić information content (AvgIpc) is 2.28. The van der Waals surface area contributed by atoms with E-state index >= 15 is 0 Å². The molecule has 19 heavy (non-hydrogen) atoms. The molecule has 0 aromatic heterocycles. The van der Waals surface area contributed by atoms with E-state index in [2.05, 4.69) is 0 Å². The molecule has 0 N–H and O–H groups in total. The van der Waals surface area contributed by atoms with E-state index < -0.39 is 5.60 Å². The summed E-state index contributed by atoms with van der Waals surface area (Å²) in [6.45, 7) is 8.38. The van der Waals surface area contributed by atoms with E-state index in [-0.39, 0.29) is 11.5 Å². The van der Waals surface area contributed by atoms with E-state index in [0.29, 0.717) is 26.3 Å². The maximum atomic E-state index is 12.0. The van der Waals surface area contributed by atoms with Crippen LogP contribution in [0.5, 0.6) is 0 Å². The highest BCUT2D eigenvalue weighted by Crippen LogP contribution is 2.32. The fourth-order valence-corrected chi connectivity index (χ4v) is 2.43. The predicted octanol–water partition coefficient (Wildman–Crippen LogP) is 2.30. The number of methoxy groups -OCH3 is 2. The lowest BCUT2D eigenvalue weighted by atomic mass is 9.80. The second-order valence-corrected chi connectivity index (χ2v) is 6.33. The fourth-order valence-electron chi connectivity index (χ4n) is 2.43. The minimum Gasteiger partial charge on any atom is -0.444 e. The number of ether oxygens (including phenoxy) is 3. The summed E-state index contributed by atoms with van der Waals surface area (Å²) in [4.78, 5) is 13.8. The molecule has 0 aromatic rings. The molecule has 1 aliphatic heterocycles. The van der Waals surface area contributed by atoms with Crippen molar-refractivity contribution in [1.29, 1.82) is 0 Å². The van der Waals surface area contributed by atoms with Crippen LogP contribution in [0.4, 0.5) is 4.79 Å². The first-order valence-corrected chi connectivity index (χ1v) is 6.78. The second-order valence-electron chi connectivity index (χ2n) is 6.33. The van der Waals surface area contributed by atoms with Crippen LogP contribution >= 0.6 is 0 Å².